The zero-order valence-electron chi connectivity index (χ0n) is 16.9. The van der Waals surface area contributed by atoms with E-state index in [0.29, 0.717) is 44.7 Å². The molecule has 160 valence electrons. The second kappa shape index (κ2) is 8.78. The fraction of sp³-hybridized carbons (Fsp3) is 0.632. The molecule has 29 heavy (non-hydrogen) atoms. The number of likely N-dealkylation sites (tertiary alicyclic amines) is 1. The number of nitrogens with one attached hydrogen (secondary N) is 1. The van der Waals surface area contributed by atoms with Gasteiger partial charge in [-0.05, 0) is 26.3 Å². The van der Waals surface area contributed by atoms with Gasteiger partial charge in [-0.15, -0.1) is 11.3 Å². The number of esters is 1. The molecule has 0 saturated carbocycles. The number of nitrogens with two attached hydrogens (primary N) is 1. The van der Waals surface area contributed by atoms with Crippen molar-refractivity contribution >= 4 is 34.1 Å². The molecule has 3 rings (SSSR count). The number of rotatable bonds is 6. The number of anilines is 1. The lowest BCUT2D eigenvalue weighted by molar-refractivity contribution is -0.185. The van der Waals surface area contributed by atoms with Crippen LogP contribution >= 0.6 is 11.3 Å². The summed E-state index contributed by atoms with van der Waals surface area (Å²) >= 11 is 0.989. The number of primary amides is 1. The Morgan fingerprint density at radius 2 is 1.86 bits per heavy atom. The highest BCUT2D eigenvalue weighted by atomic mass is 32.1. The largest absolute Gasteiger partial charge is 0.459 e. The van der Waals surface area contributed by atoms with Crippen LogP contribution in [0.1, 0.15) is 52.3 Å². The maximum Gasteiger partial charge on any atom is 0.341 e. The number of hydrogen-bond donors (Lipinski definition) is 2. The molecule has 10 heteroatoms. The number of thiophene rings is 1. The van der Waals surface area contributed by atoms with Gasteiger partial charge in [-0.1, -0.05) is 0 Å². The van der Waals surface area contributed by atoms with Crippen molar-refractivity contribution in [1.29, 1.82) is 0 Å². The minimum absolute atomic E-state index is 0.164. The van der Waals surface area contributed by atoms with E-state index in [1.807, 2.05) is 4.90 Å². The van der Waals surface area contributed by atoms with Crippen molar-refractivity contribution in [2.75, 3.05) is 38.2 Å². The van der Waals surface area contributed by atoms with Gasteiger partial charge in [0.25, 0.3) is 5.91 Å². The fourth-order valence-corrected chi connectivity index (χ4v) is 4.63. The molecular weight excluding hydrogens is 398 g/mol. The molecule has 0 unspecified atom stereocenters. The summed E-state index contributed by atoms with van der Waals surface area (Å²) in [6.07, 6.45) is 1.08. The topological polar surface area (TPSA) is 120 Å². The van der Waals surface area contributed by atoms with E-state index in [0.717, 1.165) is 11.3 Å². The number of amides is 2. The first-order chi connectivity index (χ1) is 13.7. The van der Waals surface area contributed by atoms with Crippen molar-refractivity contribution in [3.63, 3.8) is 0 Å². The Morgan fingerprint density at radius 3 is 2.41 bits per heavy atom. The molecule has 1 aromatic heterocycles. The molecule has 0 radical (unpaired) electrons. The van der Waals surface area contributed by atoms with Crippen molar-refractivity contribution in [2.24, 2.45) is 5.73 Å². The molecule has 2 saturated heterocycles. The van der Waals surface area contributed by atoms with Crippen LogP contribution in [0.15, 0.2) is 0 Å². The van der Waals surface area contributed by atoms with E-state index < -0.39 is 17.7 Å². The lowest BCUT2D eigenvalue weighted by Gasteiger charge is -2.37. The summed E-state index contributed by atoms with van der Waals surface area (Å²) in [6, 6.07) is 0. The molecule has 3 N–H and O–H groups in total. The molecular formula is C19H27N3O6S. The summed E-state index contributed by atoms with van der Waals surface area (Å²) in [6.45, 7) is 7.80. The number of nitrogens with zero attached hydrogens (tertiary/aromatic N) is 1. The number of carbonyl (C=O) groups excluding carboxylic acids is 3. The first-order valence-electron chi connectivity index (χ1n) is 9.65. The van der Waals surface area contributed by atoms with Crippen LogP contribution in [0, 0.1) is 6.92 Å². The summed E-state index contributed by atoms with van der Waals surface area (Å²) < 4.78 is 16.7. The molecule has 2 aliphatic heterocycles. The maximum absolute atomic E-state index is 12.6. The van der Waals surface area contributed by atoms with Crippen molar-refractivity contribution in [2.45, 2.75) is 45.5 Å². The van der Waals surface area contributed by atoms with Crippen molar-refractivity contribution in [3.8, 4) is 0 Å². The lowest BCUT2D eigenvalue weighted by atomic mass is 10.0. The van der Waals surface area contributed by atoms with Gasteiger partial charge in [0.2, 0.25) is 5.91 Å². The summed E-state index contributed by atoms with van der Waals surface area (Å²) in [7, 11) is 0. The van der Waals surface area contributed by atoms with E-state index in [1.54, 1.807) is 20.8 Å². The second-order valence-electron chi connectivity index (χ2n) is 7.51. The molecule has 2 aliphatic rings. The minimum Gasteiger partial charge on any atom is -0.459 e. The smallest absolute Gasteiger partial charge is 0.341 e. The van der Waals surface area contributed by atoms with E-state index in [-0.39, 0.29) is 34.0 Å². The van der Waals surface area contributed by atoms with Gasteiger partial charge >= 0.3 is 5.97 Å². The van der Waals surface area contributed by atoms with Gasteiger partial charge in [-0.2, -0.15) is 0 Å². The highest BCUT2D eigenvalue weighted by Gasteiger charge is 2.40. The Morgan fingerprint density at radius 1 is 1.24 bits per heavy atom. The van der Waals surface area contributed by atoms with Crippen LogP contribution in [0.4, 0.5) is 5.00 Å². The predicted octanol–water partition coefficient (Wildman–Crippen LogP) is 1.50. The van der Waals surface area contributed by atoms with Crippen molar-refractivity contribution in [1.82, 2.24) is 4.90 Å². The van der Waals surface area contributed by atoms with Crippen LogP contribution < -0.4 is 11.1 Å². The molecule has 0 atom stereocenters. The fourth-order valence-electron chi connectivity index (χ4n) is 3.56. The van der Waals surface area contributed by atoms with Gasteiger partial charge < -0.3 is 25.3 Å². The molecule has 0 bridgehead atoms. The number of ether oxygens (including phenoxy) is 3. The Kier molecular flexibility index (Phi) is 6.57. The monoisotopic (exact) mass is 425 g/mol. The summed E-state index contributed by atoms with van der Waals surface area (Å²) in [4.78, 5) is 39.0. The Bertz CT molecular complexity index is 790. The van der Waals surface area contributed by atoms with Crippen LogP contribution in [0.25, 0.3) is 0 Å². The van der Waals surface area contributed by atoms with Crippen LogP contribution in [0.5, 0.6) is 0 Å². The van der Waals surface area contributed by atoms with Crippen molar-refractivity contribution in [3.05, 3.63) is 16.0 Å². The van der Waals surface area contributed by atoms with E-state index in [1.165, 1.54) is 0 Å². The molecule has 3 heterocycles. The van der Waals surface area contributed by atoms with Crippen LogP contribution in [-0.2, 0) is 19.0 Å². The van der Waals surface area contributed by atoms with Gasteiger partial charge in [0.15, 0.2) is 5.79 Å². The average Bonchev–Trinajstić information content (AvgIpc) is 3.21. The highest BCUT2D eigenvalue weighted by Crippen LogP contribution is 2.34. The first-order valence-corrected chi connectivity index (χ1v) is 10.5. The van der Waals surface area contributed by atoms with Gasteiger partial charge in [-0.25, -0.2) is 4.79 Å². The molecule has 1 spiro atoms. The lowest BCUT2D eigenvalue weighted by Crippen LogP contribution is -2.47. The number of piperidine rings is 1. The minimum atomic E-state index is -0.649. The zero-order valence-corrected chi connectivity index (χ0v) is 17.7. The summed E-state index contributed by atoms with van der Waals surface area (Å²) in [5.41, 5.74) is 6.00. The average molecular weight is 426 g/mol. The third-order valence-corrected chi connectivity index (χ3v) is 6.19. The van der Waals surface area contributed by atoms with Crippen molar-refractivity contribution < 1.29 is 28.6 Å². The van der Waals surface area contributed by atoms with Crippen LogP contribution in [0.3, 0.4) is 0 Å². The molecule has 0 aromatic carbocycles. The van der Waals surface area contributed by atoms with Gasteiger partial charge in [-0.3, -0.25) is 14.5 Å². The molecule has 2 amide bonds. The molecule has 2 fully saturated rings. The van der Waals surface area contributed by atoms with E-state index in [9.17, 15) is 14.4 Å². The molecule has 1 aromatic rings. The first kappa shape index (κ1) is 21.7. The maximum atomic E-state index is 12.6. The van der Waals surface area contributed by atoms with Gasteiger partial charge in [0, 0.05) is 25.9 Å². The molecule has 0 aliphatic carbocycles. The Hall–Kier alpha value is -2.01. The van der Waals surface area contributed by atoms with E-state index in [4.69, 9.17) is 19.9 Å². The molecule has 9 nitrogen and oxygen atoms in total. The van der Waals surface area contributed by atoms with Crippen LogP contribution in [0.2, 0.25) is 0 Å². The highest BCUT2D eigenvalue weighted by molar-refractivity contribution is 7.18. The third-order valence-electron chi connectivity index (χ3n) is 4.97. The zero-order chi connectivity index (χ0) is 21.2. The normalized spacial score (nSPS) is 18.9. The summed E-state index contributed by atoms with van der Waals surface area (Å²) in [5.74, 6) is -2.01. The quantitative estimate of drug-likeness (QED) is 0.663. The third kappa shape index (κ3) is 4.95. The summed E-state index contributed by atoms with van der Waals surface area (Å²) in [5, 5.41) is 3.04. The van der Waals surface area contributed by atoms with E-state index in [2.05, 4.69) is 5.32 Å². The van der Waals surface area contributed by atoms with Gasteiger partial charge in [0.05, 0.1) is 36.3 Å². The Balaban J connectivity index is 1.67. The second-order valence-corrected chi connectivity index (χ2v) is 8.53. The number of hydrogen-bond acceptors (Lipinski definition) is 8. The van der Waals surface area contributed by atoms with Gasteiger partial charge in [0.1, 0.15) is 5.00 Å². The van der Waals surface area contributed by atoms with Crippen LogP contribution in [-0.4, -0.2) is 67.4 Å². The van der Waals surface area contributed by atoms with E-state index >= 15 is 0 Å². The Labute approximate surface area is 173 Å². The number of carbonyl (C=O) groups is 3. The SMILES string of the molecule is Cc1c(C(N)=O)sc(NC(=O)CN2CCC3(CC2)OCCO3)c1C(=O)OC(C)C. The predicted molar refractivity (Wildman–Crippen MR) is 107 cm³/mol. The standard InChI is InChI=1S/C19H27N3O6S/c1-11(2)28-18(25)14-12(3)15(16(20)24)29-17(14)21-13(23)10-22-6-4-19(5-7-22)26-8-9-27-19/h11H,4-10H2,1-3H3,(H2,20,24)(H,21,23).